The first-order valence-electron chi connectivity index (χ1n) is 7.27. The Labute approximate surface area is 114 Å². The van der Waals surface area contributed by atoms with E-state index in [9.17, 15) is 5.11 Å². The molecule has 0 bridgehead atoms. The van der Waals surface area contributed by atoms with Gasteiger partial charge in [-0.25, -0.2) is 9.97 Å². The summed E-state index contributed by atoms with van der Waals surface area (Å²) in [6.45, 7) is 5.01. The fourth-order valence-corrected chi connectivity index (χ4v) is 3.29. The predicted octanol–water partition coefficient (Wildman–Crippen LogP) is 1.51. The highest BCUT2D eigenvalue weighted by molar-refractivity contribution is 5.49. The number of anilines is 2. The Hall–Kier alpha value is -1.36. The lowest BCUT2D eigenvalue weighted by molar-refractivity contribution is 0.133. The fourth-order valence-electron chi connectivity index (χ4n) is 3.29. The molecule has 104 valence electrons. The molecule has 1 aromatic rings. The Kier molecular flexibility index (Phi) is 3.55. The van der Waals surface area contributed by atoms with Gasteiger partial charge in [0.1, 0.15) is 18.0 Å². The zero-order chi connectivity index (χ0) is 13.2. The summed E-state index contributed by atoms with van der Waals surface area (Å²) < 4.78 is 0. The molecule has 1 saturated carbocycles. The van der Waals surface area contributed by atoms with Gasteiger partial charge in [-0.1, -0.05) is 6.92 Å². The van der Waals surface area contributed by atoms with Gasteiger partial charge in [0.05, 0.1) is 6.10 Å². The van der Waals surface area contributed by atoms with E-state index < -0.39 is 0 Å². The highest BCUT2D eigenvalue weighted by Gasteiger charge is 2.42. The van der Waals surface area contributed by atoms with E-state index in [0.29, 0.717) is 11.8 Å². The van der Waals surface area contributed by atoms with Crippen molar-refractivity contribution in [2.45, 2.75) is 32.3 Å². The van der Waals surface area contributed by atoms with Crippen LogP contribution in [0.3, 0.4) is 0 Å². The summed E-state index contributed by atoms with van der Waals surface area (Å²) in [5.74, 6) is 2.94. The number of rotatable bonds is 4. The first-order valence-corrected chi connectivity index (χ1v) is 7.27. The SMILES string of the molecule is CCCNc1cc(N2CC3CCC(O)C3C2)ncn1. The highest BCUT2D eigenvalue weighted by Crippen LogP contribution is 2.39. The molecule has 2 N–H and O–H groups in total. The van der Waals surface area contributed by atoms with E-state index in [1.54, 1.807) is 6.33 Å². The van der Waals surface area contributed by atoms with Gasteiger partial charge in [-0.2, -0.15) is 0 Å². The summed E-state index contributed by atoms with van der Waals surface area (Å²) >= 11 is 0. The maximum atomic E-state index is 9.96. The van der Waals surface area contributed by atoms with Crippen molar-refractivity contribution in [3.05, 3.63) is 12.4 Å². The predicted molar refractivity (Wildman–Crippen MR) is 75.2 cm³/mol. The summed E-state index contributed by atoms with van der Waals surface area (Å²) in [6.07, 6.45) is 4.71. The normalized spacial score (nSPS) is 29.6. The summed E-state index contributed by atoms with van der Waals surface area (Å²) in [5, 5.41) is 13.3. The van der Waals surface area contributed by atoms with Crippen LogP contribution in [0.4, 0.5) is 11.6 Å². The van der Waals surface area contributed by atoms with Crippen LogP contribution in [0.5, 0.6) is 0 Å². The third-order valence-corrected chi connectivity index (χ3v) is 4.35. The molecule has 3 atom stereocenters. The van der Waals surface area contributed by atoms with Crippen molar-refractivity contribution in [2.75, 3.05) is 29.9 Å². The van der Waals surface area contributed by atoms with Crippen LogP contribution in [-0.2, 0) is 0 Å². The van der Waals surface area contributed by atoms with E-state index in [0.717, 1.165) is 50.5 Å². The van der Waals surface area contributed by atoms with Gasteiger partial charge >= 0.3 is 0 Å². The minimum atomic E-state index is -0.116. The molecule has 5 nitrogen and oxygen atoms in total. The molecule has 2 fully saturated rings. The van der Waals surface area contributed by atoms with Crippen molar-refractivity contribution in [1.82, 2.24) is 9.97 Å². The second-order valence-electron chi connectivity index (χ2n) is 5.66. The van der Waals surface area contributed by atoms with Gasteiger partial charge < -0.3 is 15.3 Å². The molecule has 1 aliphatic heterocycles. The molecule has 2 heterocycles. The van der Waals surface area contributed by atoms with Gasteiger partial charge in [0.15, 0.2) is 0 Å². The highest BCUT2D eigenvalue weighted by atomic mass is 16.3. The molecule has 0 aromatic carbocycles. The molecular formula is C14H22N4O. The molecule has 1 saturated heterocycles. The monoisotopic (exact) mass is 262 g/mol. The van der Waals surface area contributed by atoms with Crippen LogP contribution in [0.1, 0.15) is 26.2 Å². The number of aliphatic hydroxyl groups is 1. The number of aliphatic hydroxyl groups excluding tert-OH is 1. The Balaban J connectivity index is 1.69. The van der Waals surface area contributed by atoms with Crippen molar-refractivity contribution >= 4 is 11.6 Å². The lowest BCUT2D eigenvalue weighted by Gasteiger charge is -2.19. The maximum Gasteiger partial charge on any atom is 0.134 e. The third kappa shape index (κ3) is 2.52. The van der Waals surface area contributed by atoms with E-state index in [4.69, 9.17) is 0 Å². The number of hydrogen-bond acceptors (Lipinski definition) is 5. The lowest BCUT2D eigenvalue weighted by Crippen LogP contribution is -2.25. The molecule has 0 spiro atoms. The van der Waals surface area contributed by atoms with Crippen LogP contribution >= 0.6 is 0 Å². The van der Waals surface area contributed by atoms with Crippen molar-refractivity contribution in [1.29, 1.82) is 0 Å². The van der Waals surface area contributed by atoms with Gasteiger partial charge in [0.2, 0.25) is 0 Å². The molecule has 2 aliphatic rings. The number of hydrogen-bond donors (Lipinski definition) is 2. The van der Waals surface area contributed by atoms with E-state index in [1.165, 1.54) is 0 Å². The smallest absolute Gasteiger partial charge is 0.134 e. The number of aromatic nitrogens is 2. The van der Waals surface area contributed by atoms with Crippen molar-refractivity contribution in [3.63, 3.8) is 0 Å². The van der Waals surface area contributed by atoms with E-state index in [-0.39, 0.29) is 6.10 Å². The fraction of sp³-hybridized carbons (Fsp3) is 0.714. The average molecular weight is 262 g/mol. The minimum absolute atomic E-state index is 0.116. The minimum Gasteiger partial charge on any atom is -0.393 e. The molecular weight excluding hydrogens is 240 g/mol. The molecule has 1 aliphatic carbocycles. The van der Waals surface area contributed by atoms with Crippen LogP contribution in [0, 0.1) is 11.8 Å². The molecule has 3 rings (SSSR count). The lowest BCUT2D eigenvalue weighted by atomic mass is 10.00. The second-order valence-corrected chi connectivity index (χ2v) is 5.66. The number of nitrogens with one attached hydrogen (secondary N) is 1. The number of fused-ring (bicyclic) bond motifs is 1. The molecule has 1 aromatic heterocycles. The molecule has 0 amide bonds. The summed E-state index contributed by atoms with van der Waals surface area (Å²) in [7, 11) is 0. The Bertz CT molecular complexity index is 439. The van der Waals surface area contributed by atoms with E-state index >= 15 is 0 Å². The van der Waals surface area contributed by atoms with Crippen LogP contribution in [0.2, 0.25) is 0 Å². The standard InChI is InChI=1S/C14H22N4O/c1-2-5-15-13-6-14(17-9-16-13)18-7-10-3-4-12(19)11(10)8-18/h6,9-12,19H,2-5,7-8H2,1H3,(H,15,16,17). The summed E-state index contributed by atoms with van der Waals surface area (Å²) in [5.41, 5.74) is 0. The van der Waals surface area contributed by atoms with Crippen LogP contribution < -0.4 is 10.2 Å². The largest absolute Gasteiger partial charge is 0.393 e. The summed E-state index contributed by atoms with van der Waals surface area (Å²) in [6, 6.07) is 2.02. The Morgan fingerprint density at radius 2 is 2.26 bits per heavy atom. The Morgan fingerprint density at radius 1 is 1.37 bits per heavy atom. The average Bonchev–Trinajstić information content (AvgIpc) is 3.00. The molecule has 5 heteroatoms. The Morgan fingerprint density at radius 3 is 3.05 bits per heavy atom. The van der Waals surface area contributed by atoms with Crippen LogP contribution in [0.25, 0.3) is 0 Å². The topological polar surface area (TPSA) is 61.3 Å². The van der Waals surface area contributed by atoms with E-state index in [2.05, 4.69) is 27.1 Å². The van der Waals surface area contributed by atoms with Crippen molar-refractivity contribution < 1.29 is 5.11 Å². The van der Waals surface area contributed by atoms with Gasteiger partial charge in [-0.15, -0.1) is 0 Å². The summed E-state index contributed by atoms with van der Waals surface area (Å²) in [4.78, 5) is 10.9. The molecule has 3 unspecified atom stereocenters. The quantitative estimate of drug-likeness (QED) is 0.861. The molecule has 0 radical (unpaired) electrons. The first-order chi connectivity index (χ1) is 9.28. The van der Waals surface area contributed by atoms with Gasteiger partial charge in [0, 0.05) is 31.6 Å². The zero-order valence-electron chi connectivity index (χ0n) is 11.4. The van der Waals surface area contributed by atoms with E-state index in [1.807, 2.05) is 6.07 Å². The van der Waals surface area contributed by atoms with Crippen LogP contribution in [0.15, 0.2) is 12.4 Å². The van der Waals surface area contributed by atoms with Crippen molar-refractivity contribution in [2.24, 2.45) is 11.8 Å². The van der Waals surface area contributed by atoms with Gasteiger partial charge in [-0.05, 0) is 25.2 Å². The maximum absolute atomic E-state index is 9.96. The second kappa shape index (κ2) is 5.33. The number of nitrogens with zero attached hydrogens (tertiary/aromatic N) is 3. The van der Waals surface area contributed by atoms with Gasteiger partial charge in [-0.3, -0.25) is 0 Å². The van der Waals surface area contributed by atoms with Crippen LogP contribution in [-0.4, -0.2) is 40.8 Å². The molecule has 19 heavy (non-hydrogen) atoms. The van der Waals surface area contributed by atoms with Crippen molar-refractivity contribution in [3.8, 4) is 0 Å². The third-order valence-electron chi connectivity index (χ3n) is 4.35. The van der Waals surface area contributed by atoms with Gasteiger partial charge in [0.25, 0.3) is 0 Å². The first kappa shape index (κ1) is 12.7. The zero-order valence-corrected chi connectivity index (χ0v) is 11.4.